The number of hydrogen-bond donors (Lipinski definition) is 1. The molecule has 0 atom stereocenters. The van der Waals surface area contributed by atoms with Gasteiger partial charge in [0.1, 0.15) is 0 Å². The molecule has 0 aliphatic heterocycles. The summed E-state index contributed by atoms with van der Waals surface area (Å²) >= 11 is 0. The number of nitrogens with one attached hydrogen (secondary N) is 1. The molecule has 7 nitrogen and oxygen atoms in total. The maximum absolute atomic E-state index is 13.6. The first-order valence-corrected chi connectivity index (χ1v) is 6.71. The first kappa shape index (κ1) is 15.7. The molecule has 0 aromatic carbocycles. The lowest BCUT2D eigenvalue weighted by Gasteiger charge is -2.07. The zero-order chi connectivity index (χ0) is 17.1. The molecular formula is C14H10F3N5O2. The number of carbonyl (C=O) groups is 1. The normalized spacial score (nSPS) is 11.0. The molecule has 10 heteroatoms. The lowest BCUT2D eigenvalue weighted by Crippen LogP contribution is -2.23. The van der Waals surface area contributed by atoms with E-state index < -0.39 is 24.2 Å². The Morgan fingerprint density at radius 1 is 1.33 bits per heavy atom. The van der Waals surface area contributed by atoms with Gasteiger partial charge in [-0.25, -0.2) is 9.37 Å². The monoisotopic (exact) mass is 337 g/mol. The van der Waals surface area contributed by atoms with Crippen LogP contribution in [-0.2, 0) is 6.54 Å². The van der Waals surface area contributed by atoms with E-state index in [1.165, 1.54) is 4.63 Å². The van der Waals surface area contributed by atoms with Crippen molar-refractivity contribution in [3.63, 3.8) is 0 Å². The second-order valence-electron chi connectivity index (χ2n) is 4.64. The molecule has 0 spiro atoms. The van der Waals surface area contributed by atoms with Gasteiger partial charge in [-0.1, -0.05) is 0 Å². The molecule has 0 unspecified atom stereocenters. The van der Waals surface area contributed by atoms with E-state index in [1.54, 1.807) is 24.5 Å². The molecule has 3 heterocycles. The quantitative estimate of drug-likeness (QED) is 0.768. The van der Waals surface area contributed by atoms with E-state index in [2.05, 4.69) is 25.2 Å². The molecule has 0 fully saturated rings. The van der Waals surface area contributed by atoms with Crippen molar-refractivity contribution in [2.45, 2.75) is 13.2 Å². The third kappa shape index (κ3) is 3.26. The Hall–Kier alpha value is -3.17. The Labute approximate surface area is 133 Å². The van der Waals surface area contributed by atoms with Crippen LogP contribution in [0.5, 0.6) is 5.88 Å². The molecule has 3 rings (SSSR count). The van der Waals surface area contributed by atoms with Crippen molar-refractivity contribution >= 4 is 11.4 Å². The number of fused-ring (bicyclic) bond motifs is 1. The Morgan fingerprint density at radius 3 is 2.92 bits per heavy atom. The highest BCUT2D eigenvalue weighted by Crippen LogP contribution is 2.17. The molecule has 0 saturated carbocycles. The average Bonchev–Trinajstić information content (AvgIpc) is 2.97. The number of carbonyl (C=O) groups excluding carboxylic acids is 1. The Bertz CT molecular complexity index is 884. The topological polar surface area (TPSA) is 81.4 Å². The summed E-state index contributed by atoms with van der Waals surface area (Å²) in [6, 6.07) is 4.28. The molecule has 1 N–H and O–H groups in total. The Kier molecular flexibility index (Phi) is 4.27. The highest BCUT2D eigenvalue weighted by molar-refractivity contribution is 5.94. The van der Waals surface area contributed by atoms with E-state index in [4.69, 9.17) is 0 Å². The molecule has 24 heavy (non-hydrogen) atoms. The number of ether oxygens (including phenoxy) is 1. The van der Waals surface area contributed by atoms with E-state index in [1.807, 2.05) is 0 Å². The highest BCUT2D eigenvalue weighted by atomic mass is 19.3. The zero-order valence-electron chi connectivity index (χ0n) is 12.0. The van der Waals surface area contributed by atoms with Gasteiger partial charge in [-0.3, -0.25) is 4.79 Å². The molecular weight excluding hydrogens is 327 g/mol. The molecule has 0 saturated heterocycles. The second kappa shape index (κ2) is 6.52. The third-order valence-corrected chi connectivity index (χ3v) is 3.09. The van der Waals surface area contributed by atoms with E-state index in [-0.39, 0.29) is 12.1 Å². The summed E-state index contributed by atoms with van der Waals surface area (Å²) in [5, 5.41) is 10.6. The number of pyridine rings is 1. The summed E-state index contributed by atoms with van der Waals surface area (Å²) in [7, 11) is 0. The molecule has 3 aromatic heterocycles. The van der Waals surface area contributed by atoms with Crippen LogP contribution < -0.4 is 10.1 Å². The van der Waals surface area contributed by atoms with Crippen LogP contribution in [0.15, 0.2) is 36.8 Å². The van der Waals surface area contributed by atoms with Gasteiger partial charge >= 0.3 is 6.61 Å². The number of hydrogen-bond acceptors (Lipinski definition) is 5. The van der Waals surface area contributed by atoms with Crippen LogP contribution in [0, 0.1) is 5.82 Å². The Morgan fingerprint density at radius 2 is 2.17 bits per heavy atom. The minimum absolute atomic E-state index is 0.122. The minimum Gasteiger partial charge on any atom is -0.414 e. The zero-order valence-corrected chi connectivity index (χ0v) is 12.0. The molecule has 0 bridgehead atoms. The van der Waals surface area contributed by atoms with Crippen molar-refractivity contribution in [3.8, 4) is 5.88 Å². The molecule has 3 aromatic rings. The smallest absolute Gasteiger partial charge is 0.388 e. The number of amides is 1. The van der Waals surface area contributed by atoms with Crippen molar-refractivity contribution in [3.05, 3.63) is 53.7 Å². The maximum Gasteiger partial charge on any atom is 0.388 e. The van der Waals surface area contributed by atoms with E-state index in [0.717, 1.165) is 12.3 Å². The van der Waals surface area contributed by atoms with Gasteiger partial charge in [-0.05, 0) is 18.2 Å². The summed E-state index contributed by atoms with van der Waals surface area (Å²) in [5.74, 6) is -2.63. The van der Waals surface area contributed by atoms with Gasteiger partial charge in [0.25, 0.3) is 11.8 Å². The van der Waals surface area contributed by atoms with Gasteiger partial charge < -0.3 is 10.1 Å². The SMILES string of the molecule is O=C(NCc1cnn2ncccc12)c1cnc(OC(F)F)c(F)c1. The van der Waals surface area contributed by atoms with Gasteiger partial charge in [-0.2, -0.15) is 23.6 Å². The fourth-order valence-corrected chi connectivity index (χ4v) is 2.02. The van der Waals surface area contributed by atoms with Gasteiger partial charge in [0.2, 0.25) is 0 Å². The van der Waals surface area contributed by atoms with Crippen molar-refractivity contribution in [1.29, 1.82) is 0 Å². The minimum atomic E-state index is -3.20. The van der Waals surface area contributed by atoms with Crippen LogP contribution in [0.4, 0.5) is 13.2 Å². The fourth-order valence-electron chi connectivity index (χ4n) is 2.02. The number of aromatic nitrogens is 4. The molecule has 1 amide bonds. The predicted octanol–water partition coefficient (Wildman–Crippen LogP) is 1.79. The largest absolute Gasteiger partial charge is 0.414 e. The third-order valence-electron chi connectivity index (χ3n) is 3.09. The van der Waals surface area contributed by atoms with Crippen molar-refractivity contribution in [2.24, 2.45) is 0 Å². The summed E-state index contributed by atoms with van der Waals surface area (Å²) in [6.07, 6.45) is 4.06. The van der Waals surface area contributed by atoms with Crippen molar-refractivity contribution in [2.75, 3.05) is 0 Å². The molecule has 0 radical (unpaired) electrons. The van der Waals surface area contributed by atoms with Crippen molar-refractivity contribution < 1.29 is 22.7 Å². The highest BCUT2D eigenvalue weighted by Gasteiger charge is 2.15. The number of halogens is 3. The van der Waals surface area contributed by atoms with E-state index in [0.29, 0.717) is 11.1 Å². The van der Waals surface area contributed by atoms with Crippen LogP contribution in [0.1, 0.15) is 15.9 Å². The van der Waals surface area contributed by atoms with Crippen LogP contribution >= 0.6 is 0 Å². The number of nitrogens with zero attached hydrogens (tertiary/aromatic N) is 4. The van der Waals surface area contributed by atoms with Gasteiger partial charge in [0.05, 0.1) is 17.3 Å². The van der Waals surface area contributed by atoms with Gasteiger partial charge in [0.15, 0.2) is 5.82 Å². The molecule has 0 aliphatic carbocycles. The summed E-state index contributed by atoms with van der Waals surface area (Å²) in [6.45, 7) is -3.07. The second-order valence-corrected chi connectivity index (χ2v) is 4.64. The Balaban J connectivity index is 1.70. The predicted molar refractivity (Wildman–Crippen MR) is 75.0 cm³/mol. The van der Waals surface area contributed by atoms with Crippen LogP contribution in [0.25, 0.3) is 5.52 Å². The average molecular weight is 337 g/mol. The summed E-state index contributed by atoms with van der Waals surface area (Å²) in [5.41, 5.74) is 1.30. The van der Waals surface area contributed by atoms with Crippen LogP contribution in [-0.4, -0.2) is 32.3 Å². The first-order chi connectivity index (χ1) is 11.5. The van der Waals surface area contributed by atoms with Crippen LogP contribution in [0.2, 0.25) is 0 Å². The maximum atomic E-state index is 13.6. The lowest BCUT2D eigenvalue weighted by atomic mass is 10.2. The van der Waals surface area contributed by atoms with E-state index >= 15 is 0 Å². The first-order valence-electron chi connectivity index (χ1n) is 6.71. The number of rotatable bonds is 5. The van der Waals surface area contributed by atoms with Crippen LogP contribution in [0.3, 0.4) is 0 Å². The van der Waals surface area contributed by atoms with Gasteiger partial charge in [-0.15, -0.1) is 0 Å². The summed E-state index contributed by atoms with van der Waals surface area (Å²) in [4.78, 5) is 15.4. The molecule has 0 aliphatic rings. The summed E-state index contributed by atoms with van der Waals surface area (Å²) < 4.78 is 42.9. The van der Waals surface area contributed by atoms with E-state index in [9.17, 15) is 18.0 Å². The molecule has 124 valence electrons. The number of alkyl halides is 2. The van der Waals surface area contributed by atoms with Gasteiger partial charge in [0, 0.05) is 24.5 Å². The van der Waals surface area contributed by atoms with Crippen molar-refractivity contribution in [1.82, 2.24) is 25.1 Å². The standard InChI is InChI=1S/C14H10F3N5O2/c15-10-4-8(5-19-13(10)24-14(16)17)12(23)18-6-9-7-21-22-11(9)2-1-3-20-22/h1-5,7,14H,6H2,(H,18,23). The fraction of sp³-hybridized carbons (Fsp3) is 0.143. The lowest BCUT2D eigenvalue weighted by molar-refractivity contribution is -0.0553.